The molecule has 0 bridgehead atoms. The van der Waals surface area contributed by atoms with Gasteiger partial charge in [0.25, 0.3) is 11.6 Å². The number of methoxy groups -OCH3 is 2. The first-order valence-corrected chi connectivity index (χ1v) is 8.71. The van der Waals surface area contributed by atoms with E-state index in [0.717, 1.165) is 29.2 Å². The zero-order valence-electron chi connectivity index (χ0n) is 15.0. The molecule has 1 heterocycles. The molecule has 0 saturated carbocycles. The number of benzene rings is 2. The quantitative estimate of drug-likeness (QED) is 0.448. The predicted molar refractivity (Wildman–Crippen MR) is 100 cm³/mol. The molecule has 0 saturated heterocycles. The molecule has 1 amide bonds. The Hall–Kier alpha value is -3.54. The maximum Gasteiger partial charge on any atom is 0.387 e. The van der Waals surface area contributed by atoms with Crippen LogP contribution < -0.4 is 19.5 Å². The third-order valence-electron chi connectivity index (χ3n) is 3.76. The van der Waals surface area contributed by atoms with Crippen LogP contribution in [0.1, 0.15) is 10.4 Å². The first-order chi connectivity index (χ1) is 13.8. The molecule has 0 atom stereocenters. The molecule has 0 aliphatic carbocycles. The van der Waals surface area contributed by atoms with Crippen molar-refractivity contribution < 1.29 is 32.7 Å². The number of anilines is 1. The highest BCUT2D eigenvalue weighted by Crippen LogP contribution is 2.37. The van der Waals surface area contributed by atoms with Crippen molar-refractivity contribution in [1.29, 1.82) is 0 Å². The summed E-state index contributed by atoms with van der Waals surface area (Å²) in [5, 5.41) is 14.0. The van der Waals surface area contributed by atoms with Gasteiger partial charge in [-0.25, -0.2) is 4.98 Å². The van der Waals surface area contributed by atoms with Gasteiger partial charge in [0.15, 0.2) is 16.6 Å². The Morgan fingerprint density at radius 3 is 2.55 bits per heavy atom. The molecule has 12 heteroatoms. The number of nitrogens with zero attached hydrogens (tertiary/aromatic N) is 2. The highest BCUT2D eigenvalue weighted by atomic mass is 32.1. The van der Waals surface area contributed by atoms with Gasteiger partial charge in [0.1, 0.15) is 16.8 Å². The number of alkyl halides is 2. The molecule has 152 valence electrons. The van der Waals surface area contributed by atoms with Crippen molar-refractivity contribution in [3.63, 3.8) is 0 Å². The van der Waals surface area contributed by atoms with Crippen LogP contribution in [0.3, 0.4) is 0 Å². The summed E-state index contributed by atoms with van der Waals surface area (Å²) in [7, 11) is 2.63. The second-order valence-corrected chi connectivity index (χ2v) is 6.47. The Labute approximate surface area is 166 Å². The Morgan fingerprint density at radius 1 is 1.21 bits per heavy atom. The van der Waals surface area contributed by atoms with E-state index in [0.29, 0.717) is 17.3 Å². The van der Waals surface area contributed by atoms with E-state index in [2.05, 4.69) is 15.0 Å². The zero-order chi connectivity index (χ0) is 21.1. The summed E-state index contributed by atoms with van der Waals surface area (Å²) in [5.41, 5.74) is -0.611. The number of nitrogens with one attached hydrogen (secondary N) is 1. The molecule has 0 aliphatic heterocycles. The highest BCUT2D eigenvalue weighted by molar-refractivity contribution is 7.22. The first kappa shape index (κ1) is 20.2. The van der Waals surface area contributed by atoms with Crippen LogP contribution in [-0.4, -0.2) is 36.6 Å². The number of amides is 1. The van der Waals surface area contributed by atoms with Crippen LogP contribution in [0.5, 0.6) is 17.2 Å². The van der Waals surface area contributed by atoms with E-state index in [9.17, 15) is 23.7 Å². The fourth-order valence-electron chi connectivity index (χ4n) is 2.54. The van der Waals surface area contributed by atoms with Crippen molar-refractivity contribution in [3.8, 4) is 17.2 Å². The number of para-hydroxylation sites is 1. The van der Waals surface area contributed by atoms with E-state index in [1.54, 1.807) is 18.2 Å². The molecule has 29 heavy (non-hydrogen) atoms. The summed E-state index contributed by atoms with van der Waals surface area (Å²) in [6.45, 7) is -3.22. The van der Waals surface area contributed by atoms with Gasteiger partial charge in [-0.3, -0.25) is 20.2 Å². The van der Waals surface area contributed by atoms with E-state index in [-0.39, 0.29) is 10.9 Å². The lowest BCUT2D eigenvalue weighted by Gasteiger charge is -2.11. The minimum Gasteiger partial charge on any atom is -0.494 e. The number of hydrogen-bond donors (Lipinski definition) is 1. The molecule has 3 aromatic rings. The van der Waals surface area contributed by atoms with E-state index in [4.69, 9.17) is 9.47 Å². The lowest BCUT2D eigenvalue weighted by atomic mass is 10.1. The minimum absolute atomic E-state index is 0.177. The molecule has 1 N–H and O–H groups in total. The fraction of sp³-hybridized carbons (Fsp3) is 0.176. The number of nitro groups is 1. The van der Waals surface area contributed by atoms with Gasteiger partial charge in [-0.05, 0) is 12.1 Å². The first-order valence-electron chi connectivity index (χ1n) is 7.90. The number of nitro benzene ring substituents is 1. The predicted octanol–water partition coefficient (Wildman–Crippen LogP) is 4.08. The number of thiazole rings is 1. The third-order valence-corrected chi connectivity index (χ3v) is 4.70. The van der Waals surface area contributed by atoms with Crippen LogP contribution in [0.15, 0.2) is 30.3 Å². The van der Waals surface area contributed by atoms with Gasteiger partial charge in [-0.15, -0.1) is 0 Å². The van der Waals surface area contributed by atoms with Crippen molar-refractivity contribution in [1.82, 2.24) is 4.98 Å². The minimum atomic E-state index is -3.22. The van der Waals surface area contributed by atoms with E-state index >= 15 is 0 Å². The smallest absolute Gasteiger partial charge is 0.387 e. The lowest BCUT2D eigenvalue weighted by molar-refractivity contribution is -0.385. The second-order valence-electron chi connectivity index (χ2n) is 5.44. The number of rotatable bonds is 7. The van der Waals surface area contributed by atoms with Crippen LogP contribution in [0.2, 0.25) is 0 Å². The summed E-state index contributed by atoms with van der Waals surface area (Å²) in [5.74, 6) is -1.18. The van der Waals surface area contributed by atoms with E-state index in [1.807, 2.05) is 0 Å². The maximum atomic E-state index is 12.6. The summed E-state index contributed by atoms with van der Waals surface area (Å²) in [4.78, 5) is 27.4. The molecule has 2 aromatic carbocycles. The van der Waals surface area contributed by atoms with Gasteiger partial charge in [0, 0.05) is 6.07 Å². The Bertz CT molecular complexity index is 1090. The van der Waals surface area contributed by atoms with Crippen molar-refractivity contribution in [3.05, 3.63) is 46.0 Å². The maximum absolute atomic E-state index is 12.6. The molecule has 0 radical (unpaired) electrons. The van der Waals surface area contributed by atoms with Crippen LogP contribution in [-0.2, 0) is 0 Å². The number of ether oxygens (including phenoxy) is 3. The number of halogens is 2. The number of carbonyl (C=O) groups is 1. The fourth-order valence-corrected chi connectivity index (χ4v) is 3.41. The van der Waals surface area contributed by atoms with Gasteiger partial charge in [0.05, 0.1) is 29.9 Å². The normalized spacial score (nSPS) is 10.8. The average Bonchev–Trinajstić information content (AvgIpc) is 3.09. The molecule has 0 spiro atoms. The van der Waals surface area contributed by atoms with E-state index in [1.165, 1.54) is 7.11 Å². The van der Waals surface area contributed by atoms with Gasteiger partial charge < -0.3 is 14.2 Å². The average molecular weight is 425 g/mol. The second kappa shape index (κ2) is 8.22. The SMILES string of the molecule is COc1cc(C(=O)Nc2nc3c(OC)cccc3s2)c([N+](=O)[O-])cc1OC(F)F. The largest absolute Gasteiger partial charge is 0.494 e. The van der Waals surface area contributed by atoms with Crippen LogP contribution in [0, 0.1) is 10.1 Å². The van der Waals surface area contributed by atoms with Crippen LogP contribution in [0.4, 0.5) is 19.6 Å². The molecule has 3 rings (SSSR count). The Balaban J connectivity index is 1.99. The van der Waals surface area contributed by atoms with Crippen molar-refractivity contribution in [2.75, 3.05) is 19.5 Å². The lowest BCUT2D eigenvalue weighted by Crippen LogP contribution is -2.15. The van der Waals surface area contributed by atoms with Gasteiger partial charge in [-0.2, -0.15) is 8.78 Å². The number of hydrogen-bond acceptors (Lipinski definition) is 8. The number of aromatic nitrogens is 1. The summed E-state index contributed by atoms with van der Waals surface area (Å²) >= 11 is 1.14. The summed E-state index contributed by atoms with van der Waals surface area (Å²) < 4.78 is 40.1. The Kier molecular flexibility index (Phi) is 5.73. The molecule has 0 aliphatic rings. The third kappa shape index (κ3) is 4.16. The molecule has 0 unspecified atom stereocenters. The zero-order valence-corrected chi connectivity index (χ0v) is 15.8. The van der Waals surface area contributed by atoms with Gasteiger partial charge in [-0.1, -0.05) is 17.4 Å². The molecular weight excluding hydrogens is 412 g/mol. The molecular formula is C17H13F2N3O6S. The Morgan fingerprint density at radius 2 is 1.93 bits per heavy atom. The molecule has 9 nitrogen and oxygen atoms in total. The van der Waals surface area contributed by atoms with Gasteiger partial charge in [0.2, 0.25) is 0 Å². The summed E-state index contributed by atoms with van der Waals surface area (Å²) in [6.07, 6.45) is 0. The number of carbonyl (C=O) groups excluding carboxylic acids is 1. The molecule has 1 aromatic heterocycles. The topological polar surface area (TPSA) is 113 Å². The summed E-state index contributed by atoms with van der Waals surface area (Å²) in [6, 6.07) is 6.89. The van der Waals surface area contributed by atoms with Crippen molar-refractivity contribution in [2.24, 2.45) is 0 Å². The van der Waals surface area contributed by atoms with Crippen molar-refractivity contribution >= 4 is 38.3 Å². The van der Waals surface area contributed by atoms with Crippen LogP contribution in [0.25, 0.3) is 10.2 Å². The number of fused-ring (bicyclic) bond motifs is 1. The molecule has 0 fully saturated rings. The highest BCUT2D eigenvalue weighted by Gasteiger charge is 2.26. The van der Waals surface area contributed by atoms with E-state index < -0.39 is 34.4 Å². The monoisotopic (exact) mass is 425 g/mol. The van der Waals surface area contributed by atoms with Crippen molar-refractivity contribution in [2.45, 2.75) is 6.61 Å². The van der Waals surface area contributed by atoms with Gasteiger partial charge >= 0.3 is 6.61 Å². The van der Waals surface area contributed by atoms with Crippen LogP contribution >= 0.6 is 11.3 Å². The standard InChI is InChI=1S/C17H13F2N3O6S/c1-26-10-4-3-5-13-14(10)20-17(29-13)21-15(23)8-6-11(27-2)12(28-16(18)19)7-9(8)22(24)25/h3-7,16H,1-2H3,(H,20,21,23).